The summed E-state index contributed by atoms with van der Waals surface area (Å²) in [5.41, 5.74) is 5.83. The Morgan fingerprint density at radius 1 is 1.14 bits per heavy atom. The topological polar surface area (TPSA) is 72.2 Å². The van der Waals surface area contributed by atoms with Crippen LogP contribution in [-0.2, 0) is 6.54 Å². The number of rotatable bonds is 6. The van der Waals surface area contributed by atoms with Gasteiger partial charge in [0.1, 0.15) is 5.69 Å². The number of aromatic nitrogens is 3. The van der Waals surface area contributed by atoms with Crippen LogP contribution >= 0.6 is 11.3 Å². The lowest BCUT2D eigenvalue weighted by Crippen LogP contribution is -2.17. The van der Waals surface area contributed by atoms with Gasteiger partial charge in [0.15, 0.2) is 0 Å². The first-order valence-electron chi connectivity index (χ1n) is 8.68. The van der Waals surface area contributed by atoms with Crippen LogP contribution in [0.1, 0.15) is 21.5 Å². The Morgan fingerprint density at radius 3 is 2.79 bits per heavy atom. The Morgan fingerprint density at radius 2 is 2.04 bits per heavy atom. The van der Waals surface area contributed by atoms with E-state index in [4.69, 9.17) is 5.10 Å². The zero-order chi connectivity index (χ0) is 19.2. The number of benzene rings is 1. The molecule has 0 aliphatic rings. The van der Waals surface area contributed by atoms with Gasteiger partial charge >= 0.3 is 0 Å². The van der Waals surface area contributed by atoms with Crippen molar-refractivity contribution in [1.29, 1.82) is 0 Å². The van der Waals surface area contributed by atoms with Gasteiger partial charge in [0.2, 0.25) is 0 Å². The third-order valence-corrected chi connectivity index (χ3v) is 4.90. The minimum Gasteiger partial charge on any atom is -0.267 e. The van der Waals surface area contributed by atoms with E-state index in [0.29, 0.717) is 12.1 Å². The predicted octanol–water partition coefficient (Wildman–Crippen LogP) is 3.82. The fourth-order valence-corrected chi connectivity index (χ4v) is 3.44. The van der Waals surface area contributed by atoms with Crippen LogP contribution in [0, 0.1) is 0 Å². The number of pyridine rings is 1. The van der Waals surface area contributed by atoms with Crippen LogP contribution in [0.25, 0.3) is 10.6 Å². The summed E-state index contributed by atoms with van der Waals surface area (Å²) in [5, 5.41) is 10.8. The largest absolute Gasteiger partial charge is 0.272 e. The summed E-state index contributed by atoms with van der Waals surface area (Å²) in [7, 11) is 0. The number of carbonyl (C=O) groups is 1. The van der Waals surface area contributed by atoms with Gasteiger partial charge in [-0.3, -0.25) is 14.5 Å². The van der Waals surface area contributed by atoms with Crippen molar-refractivity contribution in [2.75, 3.05) is 0 Å². The van der Waals surface area contributed by atoms with Crippen LogP contribution in [0.3, 0.4) is 0 Å². The zero-order valence-corrected chi connectivity index (χ0v) is 15.7. The second-order valence-corrected chi connectivity index (χ2v) is 6.98. The zero-order valence-electron chi connectivity index (χ0n) is 14.9. The smallest absolute Gasteiger partial charge is 0.267 e. The summed E-state index contributed by atoms with van der Waals surface area (Å²) in [6, 6.07) is 17.5. The van der Waals surface area contributed by atoms with Crippen LogP contribution < -0.4 is 5.43 Å². The Hall–Kier alpha value is -3.58. The molecule has 4 rings (SSSR count). The van der Waals surface area contributed by atoms with Crippen molar-refractivity contribution in [3.8, 4) is 10.6 Å². The summed E-state index contributed by atoms with van der Waals surface area (Å²) in [5.74, 6) is -0.307. The van der Waals surface area contributed by atoms with E-state index in [1.165, 1.54) is 6.20 Å². The molecule has 28 heavy (non-hydrogen) atoms. The molecule has 0 aliphatic carbocycles. The third-order valence-electron chi connectivity index (χ3n) is 4.03. The molecular weight excluding hydrogens is 370 g/mol. The van der Waals surface area contributed by atoms with Gasteiger partial charge in [-0.25, -0.2) is 5.43 Å². The van der Waals surface area contributed by atoms with Crippen molar-refractivity contribution in [2.24, 2.45) is 5.10 Å². The first kappa shape index (κ1) is 17.8. The number of hydrogen-bond donors (Lipinski definition) is 1. The molecule has 0 saturated heterocycles. The van der Waals surface area contributed by atoms with E-state index in [0.717, 1.165) is 21.7 Å². The number of hydrogen-bond acceptors (Lipinski definition) is 5. The lowest BCUT2D eigenvalue weighted by molar-refractivity contribution is 0.0955. The lowest BCUT2D eigenvalue weighted by atomic mass is 10.2. The van der Waals surface area contributed by atoms with Gasteiger partial charge < -0.3 is 0 Å². The summed E-state index contributed by atoms with van der Waals surface area (Å²) in [6.45, 7) is 0.662. The number of amides is 1. The van der Waals surface area contributed by atoms with Crippen LogP contribution in [0.2, 0.25) is 0 Å². The highest BCUT2D eigenvalue weighted by Gasteiger charge is 2.11. The molecule has 3 heterocycles. The molecule has 1 N–H and O–H groups in total. The number of hydrazone groups is 1. The monoisotopic (exact) mass is 387 g/mol. The molecular formula is C21H17N5OS. The van der Waals surface area contributed by atoms with Crippen molar-refractivity contribution >= 4 is 23.5 Å². The molecule has 4 aromatic rings. The molecule has 6 nitrogen and oxygen atoms in total. The fourth-order valence-electron chi connectivity index (χ4n) is 2.71. The first-order valence-corrected chi connectivity index (χ1v) is 9.56. The first-order chi connectivity index (χ1) is 13.8. The molecule has 7 heteroatoms. The molecule has 0 saturated carbocycles. The van der Waals surface area contributed by atoms with E-state index in [2.05, 4.69) is 27.6 Å². The van der Waals surface area contributed by atoms with Crippen molar-refractivity contribution in [3.63, 3.8) is 0 Å². The van der Waals surface area contributed by atoms with Crippen LogP contribution in [0.4, 0.5) is 0 Å². The van der Waals surface area contributed by atoms with Crippen molar-refractivity contribution < 1.29 is 4.79 Å². The lowest BCUT2D eigenvalue weighted by Gasteiger charge is -2.00. The maximum atomic E-state index is 12.1. The molecule has 138 valence electrons. The van der Waals surface area contributed by atoms with Crippen LogP contribution in [0.15, 0.2) is 83.7 Å². The Labute approximate surface area is 166 Å². The molecule has 0 aliphatic heterocycles. The van der Waals surface area contributed by atoms with Gasteiger partial charge in [-0.15, -0.1) is 11.3 Å². The second-order valence-electron chi connectivity index (χ2n) is 6.03. The van der Waals surface area contributed by atoms with Crippen molar-refractivity contribution in [1.82, 2.24) is 20.2 Å². The predicted molar refractivity (Wildman–Crippen MR) is 110 cm³/mol. The Balaban J connectivity index is 1.55. The van der Waals surface area contributed by atoms with Gasteiger partial charge in [0.25, 0.3) is 5.91 Å². The van der Waals surface area contributed by atoms with E-state index in [1.54, 1.807) is 35.9 Å². The van der Waals surface area contributed by atoms with E-state index in [1.807, 2.05) is 46.6 Å². The molecule has 3 aromatic heterocycles. The van der Waals surface area contributed by atoms with E-state index in [-0.39, 0.29) is 5.91 Å². The second kappa shape index (κ2) is 8.41. The Kier molecular flexibility index (Phi) is 5.35. The molecule has 0 atom stereocenters. The minimum atomic E-state index is -0.307. The molecule has 1 amide bonds. The number of thiophene rings is 1. The van der Waals surface area contributed by atoms with Crippen LogP contribution in [-0.4, -0.2) is 26.9 Å². The third kappa shape index (κ3) is 4.21. The SMILES string of the molecule is O=C(N/N=C\c1cn(Cc2ccccc2)nc1-c1cccs1)c1cccnc1. The quantitative estimate of drug-likeness (QED) is 0.404. The normalized spacial score (nSPS) is 11.0. The molecule has 0 bridgehead atoms. The fraction of sp³-hybridized carbons (Fsp3) is 0.0476. The maximum absolute atomic E-state index is 12.1. The molecule has 1 aromatic carbocycles. The summed E-state index contributed by atoms with van der Waals surface area (Å²) < 4.78 is 1.88. The molecule has 0 spiro atoms. The summed E-state index contributed by atoms with van der Waals surface area (Å²) in [6.07, 6.45) is 6.67. The molecule has 0 radical (unpaired) electrons. The van der Waals surface area contributed by atoms with Gasteiger partial charge in [0.05, 0.1) is 23.2 Å². The minimum absolute atomic E-state index is 0.307. The molecule has 0 unspecified atom stereocenters. The molecule has 0 fully saturated rings. The van der Waals surface area contributed by atoms with Gasteiger partial charge in [-0.05, 0) is 29.1 Å². The average molecular weight is 387 g/mol. The van der Waals surface area contributed by atoms with Gasteiger partial charge in [-0.2, -0.15) is 10.2 Å². The highest BCUT2D eigenvalue weighted by Crippen LogP contribution is 2.26. The maximum Gasteiger partial charge on any atom is 0.272 e. The summed E-state index contributed by atoms with van der Waals surface area (Å²) in [4.78, 5) is 17.1. The van der Waals surface area contributed by atoms with Crippen LogP contribution in [0.5, 0.6) is 0 Å². The number of nitrogens with zero attached hydrogens (tertiary/aromatic N) is 4. The number of carbonyl (C=O) groups excluding carboxylic acids is 1. The van der Waals surface area contributed by atoms with Crippen molar-refractivity contribution in [2.45, 2.75) is 6.54 Å². The summed E-state index contributed by atoms with van der Waals surface area (Å²) >= 11 is 1.61. The van der Waals surface area contributed by atoms with E-state index >= 15 is 0 Å². The highest BCUT2D eigenvalue weighted by atomic mass is 32.1. The van der Waals surface area contributed by atoms with E-state index in [9.17, 15) is 4.79 Å². The number of nitrogens with one attached hydrogen (secondary N) is 1. The van der Waals surface area contributed by atoms with Crippen molar-refractivity contribution in [3.05, 3.63) is 95.3 Å². The highest BCUT2D eigenvalue weighted by molar-refractivity contribution is 7.13. The van der Waals surface area contributed by atoms with Gasteiger partial charge in [-0.1, -0.05) is 36.4 Å². The van der Waals surface area contributed by atoms with Gasteiger partial charge in [0, 0.05) is 24.2 Å². The van der Waals surface area contributed by atoms with E-state index < -0.39 is 0 Å². The average Bonchev–Trinajstić information content (AvgIpc) is 3.39. The standard InChI is InChI=1S/C21H17N5OS/c27-21(17-8-4-10-22-12-17)24-23-13-18-15-26(14-16-6-2-1-3-7-16)25-20(18)19-9-5-11-28-19/h1-13,15H,14H2,(H,24,27)/b23-13-. The Bertz CT molecular complexity index is 1070.